The fourth-order valence-electron chi connectivity index (χ4n) is 2.91. The Morgan fingerprint density at radius 1 is 1.40 bits per heavy atom. The number of rotatable bonds is 3. The van der Waals surface area contributed by atoms with Gasteiger partial charge in [-0.3, -0.25) is 0 Å². The van der Waals surface area contributed by atoms with E-state index >= 15 is 0 Å². The monoisotopic (exact) mass is 335 g/mol. The lowest BCUT2D eigenvalue weighted by Gasteiger charge is -2.41. The number of anilines is 1. The number of nitrogens with zero attached hydrogens (tertiary/aromatic N) is 4. The summed E-state index contributed by atoms with van der Waals surface area (Å²) in [7, 11) is 0. The zero-order valence-corrected chi connectivity index (χ0v) is 13.3. The minimum absolute atomic E-state index is 0.0857. The Kier molecular flexibility index (Phi) is 3.28. The van der Waals surface area contributed by atoms with Gasteiger partial charge < -0.3 is 5.73 Å². The number of nitrogen functional groups attached to an aromatic ring is 1. The molecule has 1 aliphatic rings. The highest BCUT2D eigenvalue weighted by atomic mass is 79.9. The van der Waals surface area contributed by atoms with E-state index in [9.17, 15) is 0 Å². The van der Waals surface area contributed by atoms with Crippen molar-refractivity contribution in [3.63, 3.8) is 0 Å². The molecule has 3 rings (SSSR count). The first kappa shape index (κ1) is 13.5. The van der Waals surface area contributed by atoms with Gasteiger partial charge in [-0.2, -0.15) is 0 Å². The van der Waals surface area contributed by atoms with E-state index in [4.69, 9.17) is 5.73 Å². The molecule has 6 heteroatoms. The molecule has 1 fully saturated rings. The molecule has 1 heterocycles. The molecule has 2 N–H and O–H groups in total. The predicted molar refractivity (Wildman–Crippen MR) is 82.2 cm³/mol. The SMILES string of the molecule is CCC1(n2nnnc2-c2cc(Br)cc(N)c2C)CCC1. The third-order valence-corrected chi connectivity index (χ3v) is 4.97. The third-order valence-electron chi connectivity index (χ3n) is 4.51. The predicted octanol–water partition coefficient (Wildman–Crippen LogP) is 3.28. The average molecular weight is 336 g/mol. The molecular formula is C14H18BrN5. The molecule has 0 atom stereocenters. The van der Waals surface area contributed by atoms with E-state index in [1.54, 1.807) is 0 Å². The maximum absolute atomic E-state index is 6.06. The molecular weight excluding hydrogens is 318 g/mol. The van der Waals surface area contributed by atoms with Gasteiger partial charge in [0, 0.05) is 15.7 Å². The number of tetrazole rings is 1. The second kappa shape index (κ2) is 4.84. The highest BCUT2D eigenvalue weighted by Gasteiger charge is 2.40. The van der Waals surface area contributed by atoms with Crippen LogP contribution in [0.5, 0.6) is 0 Å². The molecule has 0 radical (unpaired) electrons. The van der Waals surface area contributed by atoms with Gasteiger partial charge in [-0.05, 0) is 60.7 Å². The van der Waals surface area contributed by atoms with Gasteiger partial charge in [0.15, 0.2) is 5.82 Å². The van der Waals surface area contributed by atoms with Gasteiger partial charge in [0.25, 0.3) is 0 Å². The summed E-state index contributed by atoms with van der Waals surface area (Å²) in [5.74, 6) is 0.817. The van der Waals surface area contributed by atoms with Gasteiger partial charge in [0.2, 0.25) is 0 Å². The number of hydrogen-bond donors (Lipinski definition) is 1. The number of benzene rings is 1. The molecule has 1 aromatic carbocycles. The molecule has 0 saturated heterocycles. The molecule has 1 aromatic heterocycles. The summed E-state index contributed by atoms with van der Waals surface area (Å²) in [4.78, 5) is 0. The summed E-state index contributed by atoms with van der Waals surface area (Å²) in [6.45, 7) is 4.21. The number of hydrogen-bond acceptors (Lipinski definition) is 4. The smallest absolute Gasteiger partial charge is 0.182 e. The van der Waals surface area contributed by atoms with E-state index in [2.05, 4.69) is 38.4 Å². The fourth-order valence-corrected chi connectivity index (χ4v) is 3.38. The number of halogens is 1. The lowest BCUT2D eigenvalue weighted by Crippen LogP contribution is -2.41. The van der Waals surface area contributed by atoms with E-state index in [1.807, 2.05) is 23.7 Å². The molecule has 106 valence electrons. The molecule has 20 heavy (non-hydrogen) atoms. The molecule has 0 spiro atoms. The second-order valence-electron chi connectivity index (χ2n) is 5.51. The Labute approximate surface area is 126 Å². The molecule has 0 bridgehead atoms. The van der Waals surface area contributed by atoms with E-state index in [1.165, 1.54) is 6.42 Å². The molecule has 1 saturated carbocycles. The van der Waals surface area contributed by atoms with Crippen LogP contribution in [0, 0.1) is 6.92 Å². The lowest BCUT2D eigenvalue weighted by molar-refractivity contribution is 0.118. The van der Waals surface area contributed by atoms with Crippen LogP contribution >= 0.6 is 15.9 Å². The average Bonchev–Trinajstić information content (AvgIpc) is 2.83. The normalized spacial score (nSPS) is 16.9. The van der Waals surface area contributed by atoms with E-state index in [0.717, 1.165) is 46.4 Å². The summed E-state index contributed by atoms with van der Waals surface area (Å²) in [5.41, 5.74) is 8.92. The van der Waals surface area contributed by atoms with Gasteiger partial charge in [-0.1, -0.05) is 22.9 Å². The maximum Gasteiger partial charge on any atom is 0.182 e. The van der Waals surface area contributed by atoms with Crippen molar-refractivity contribution in [2.45, 2.75) is 45.1 Å². The Bertz CT molecular complexity index is 639. The van der Waals surface area contributed by atoms with Crippen LogP contribution < -0.4 is 5.73 Å². The Balaban J connectivity index is 2.15. The molecule has 5 nitrogen and oxygen atoms in total. The minimum atomic E-state index is 0.0857. The quantitative estimate of drug-likeness (QED) is 0.874. The first-order chi connectivity index (χ1) is 9.57. The van der Waals surface area contributed by atoms with E-state index in [0.29, 0.717) is 0 Å². The van der Waals surface area contributed by atoms with Crippen LogP contribution in [0.1, 0.15) is 38.2 Å². The van der Waals surface area contributed by atoms with E-state index in [-0.39, 0.29) is 5.54 Å². The summed E-state index contributed by atoms with van der Waals surface area (Å²) >= 11 is 3.50. The zero-order valence-electron chi connectivity index (χ0n) is 11.7. The third kappa shape index (κ3) is 1.93. The van der Waals surface area contributed by atoms with Crippen molar-refractivity contribution in [1.29, 1.82) is 0 Å². The molecule has 1 aliphatic carbocycles. The topological polar surface area (TPSA) is 69.6 Å². The first-order valence-corrected chi connectivity index (χ1v) is 7.71. The summed E-state index contributed by atoms with van der Waals surface area (Å²) in [5, 5.41) is 12.4. The van der Waals surface area contributed by atoms with Crippen molar-refractivity contribution in [3.05, 3.63) is 22.2 Å². The Morgan fingerprint density at radius 3 is 2.75 bits per heavy atom. The number of nitrogens with two attached hydrogens (primary N) is 1. The van der Waals surface area contributed by atoms with Crippen LogP contribution in [0.4, 0.5) is 5.69 Å². The van der Waals surface area contributed by atoms with Crippen LogP contribution in [0.3, 0.4) is 0 Å². The summed E-state index contributed by atoms with van der Waals surface area (Å²) in [6, 6.07) is 3.95. The van der Waals surface area contributed by atoms with Gasteiger partial charge in [-0.25, -0.2) is 4.68 Å². The van der Waals surface area contributed by atoms with Crippen molar-refractivity contribution < 1.29 is 0 Å². The molecule has 0 unspecified atom stereocenters. The second-order valence-corrected chi connectivity index (χ2v) is 6.43. The minimum Gasteiger partial charge on any atom is -0.398 e. The van der Waals surface area contributed by atoms with E-state index < -0.39 is 0 Å². The zero-order chi connectivity index (χ0) is 14.3. The highest BCUT2D eigenvalue weighted by Crippen LogP contribution is 2.43. The van der Waals surface area contributed by atoms with Crippen LogP contribution in [0.15, 0.2) is 16.6 Å². The van der Waals surface area contributed by atoms with Crippen LogP contribution in [-0.2, 0) is 5.54 Å². The largest absolute Gasteiger partial charge is 0.398 e. The Morgan fingerprint density at radius 2 is 2.15 bits per heavy atom. The van der Waals surface area contributed by atoms with Gasteiger partial charge in [0.1, 0.15) is 0 Å². The standard InChI is InChI=1S/C14H18BrN5/c1-3-14(5-4-6-14)20-13(17-18-19-20)11-7-10(15)8-12(16)9(11)2/h7-8H,3-6,16H2,1-2H3. The van der Waals surface area contributed by atoms with Crippen molar-refractivity contribution in [2.75, 3.05) is 5.73 Å². The van der Waals surface area contributed by atoms with Gasteiger partial charge in [0.05, 0.1) is 5.54 Å². The first-order valence-electron chi connectivity index (χ1n) is 6.92. The van der Waals surface area contributed by atoms with Gasteiger partial charge >= 0.3 is 0 Å². The van der Waals surface area contributed by atoms with Crippen molar-refractivity contribution in [1.82, 2.24) is 20.2 Å². The Hall–Kier alpha value is -1.43. The van der Waals surface area contributed by atoms with Crippen molar-refractivity contribution in [3.8, 4) is 11.4 Å². The molecule has 0 amide bonds. The van der Waals surface area contributed by atoms with Gasteiger partial charge in [-0.15, -0.1) is 5.10 Å². The van der Waals surface area contributed by atoms with Crippen LogP contribution in [0.2, 0.25) is 0 Å². The van der Waals surface area contributed by atoms with Crippen LogP contribution in [0.25, 0.3) is 11.4 Å². The highest BCUT2D eigenvalue weighted by molar-refractivity contribution is 9.10. The molecule has 2 aromatic rings. The summed E-state index contributed by atoms with van der Waals surface area (Å²) < 4.78 is 2.95. The van der Waals surface area contributed by atoms with Crippen LogP contribution in [-0.4, -0.2) is 20.2 Å². The fraction of sp³-hybridized carbons (Fsp3) is 0.500. The van der Waals surface area contributed by atoms with Crippen molar-refractivity contribution >= 4 is 21.6 Å². The van der Waals surface area contributed by atoms with Crippen molar-refractivity contribution in [2.24, 2.45) is 0 Å². The molecule has 0 aliphatic heterocycles. The maximum atomic E-state index is 6.06. The lowest BCUT2D eigenvalue weighted by atomic mass is 9.75. The summed E-state index contributed by atoms with van der Waals surface area (Å²) in [6.07, 6.45) is 4.58. The number of aromatic nitrogens is 4.